The molecule has 0 bridgehead atoms. The Morgan fingerprint density at radius 1 is 1.24 bits per heavy atom. The summed E-state index contributed by atoms with van der Waals surface area (Å²) in [6, 6.07) is 9.43. The van der Waals surface area contributed by atoms with Gasteiger partial charge in [0.05, 0.1) is 20.2 Å². The molecule has 0 amide bonds. The van der Waals surface area contributed by atoms with Gasteiger partial charge in [-0.25, -0.2) is 3.96 Å². The summed E-state index contributed by atoms with van der Waals surface area (Å²) >= 11 is 4.85. The van der Waals surface area contributed by atoms with Crippen LogP contribution in [-0.2, 0) is 0 Å². The number of halogens is 1. The molecule has 3 rings (SSSR count). The van der Waals surface area contributed by atoms with Crippen molar-refractivity contribution in [1.82, 2.24) is 8.94 Å². The summed E-state index contributed by atoms with van der Waals surface area (Å²) in [5, 5.41) is 0.751. The lowest BCUT2D eigenvalue weighted by Gasteiger charge is -2.01. The number of benzene rings is 1. The van der Waals surface area contributed by atoms with E-state index in [0.29, 0.717) is 0 Å². The molecule has 0 N–H and O–H groups in total. The first-order valence-corrected chi connectivity index (χ1v) is 6.55. The van der Waals surface area contributed by atoms with Gasteiger partial charge in [-0.3, -0.25) is 9.78 Å². The molecule has 0 spiro atoms. The molecule has 0 unspecified atom stereocenters. The molecule has 0 aliphatic rings. The van der Waals surface area contributed by atoms with Gasteiger partial charge in [0.15, 0.2) is 0 Å². The summed E-state index contributed by atoms with van der Waals surface area (Å²) in [5.74, 6) is 0. The lowest BCUT2D eigenvalue weighted by Crippen LogP contribution is -2.11. The number of hydrogen-bond donors (Lipinski definition) is 0. The van der Waals surface area contributed by atoms with Crippen LogP contribution in [0.1, 0.15) is 0 Å². The highest BCUT2D eigenvalue weighted by molar-refractivity contribution is 9.10. The molecule has 0 aliphatic heterocycles. The lowest BCUT2D eigenvalue weighted by molar-refractivity contribution is 1.11. The van der Waals surface area contributed by atoms with Crippen LogP contribution in [0.15, 0.2) is 52.0 Å². The predicted molar refractivity (Wildman–Crippen MR) is 72.9 cm³/mol. The Morgan fingerprint density at radius 3 is 2.82 bits per heavy atom. The number of nitrogens with zero attached hydrogens (tertiary/aromatic N) is 2. The van der Waals surface area contributed by atoms with Gasteiger partial charge in [-0.1, -0.05) is 23.7 Å². The van der Waals surface area contributed by atoms with E-state index in [-0.39, 0.29) is 5.56 Å². The maximum absolute atomic E-state index is 12.2. The molecule has 0 fully saturated rings. The summed E-state index contributed by atoms with van der Waals surface area (Å²) in [7, 11) is 0. The first kappa shape index (κ1) is 10.7. The largest absolute Gasteiger partial charge is 0.273 e. The maximum atomic E-state index is 12.2. The second-order valence-electron chi connectivity index (χ2n) is 3.51. The summed E-state index contributed by atoms with van der Waals surface area (Å²) in [6.07, 6.45) is 3.36. The predicted octanol–water partition coefficient (Wildman–Crippen LogP) is 3.21. The van der Waals surface area contributed by atoms with Crippen LogP contribution < -0.4 is 5.56 Å². The van der Waals surface area contributed by atoms with E-state index in [4.69, 9.17) is 0 Å². The minimum absolute atomic E-state index is 0.0116. The molecule has 2 aromatic heterocycles. The lowest BCUT2D eigenvalue weighted by atomic mass is 10.3. The van der Waals surface area contributed by atoms with Gasteiger partial charge in [0.1, 0.15) is 0 Å². The molecule has 0 radical (unpaired) electrons. The van der Waals surface area contributed by atoms with E-state index >= 15 is 0 Å². The summed E-state index contributed by atoms with van der Waals surface area (Å²) in [5.41, 5.74) is 0.837. The van der Waals surface area contributed by atoms with Gasteiger partial charge >= 0.3 is 0 Å². The quantitative estimate of drug-likeness (QED) is 0.692. The van der Waals surface area contributed by atoms with Crippen LogP contribution in [0.2, 0.25) is 0 Å². The van der Waals surface area contributed by atoms with E-state index < -0.39 is 0 Å². The molecule has 84 valence electrons. The molecule has 3 nitrogen and oxygen atoms in total. The van der Waals surface area contributed by atoms with Crippen molar-refractivity contribution in [3.63, 3.8) is 0 Å². The molecule has 1 aromatic carbocycles. The summed E-state index contributed by atoms with van der Waals surface area (Å²) in [6.45, 7) is 0. The van der Waals surface area contributed by atoms with Crippen molar-refractivity contribution < 1.29 is 0 Å². The first-order valence-electron chi connectivity index (χ1n) is 4.98. The molecule has 0 saturated heterocycles. The minimum Gasteiger partial charge on any atom is -0.267 e. The molecule has 0 aliphatic carbocycles. The van der Waals surface area contributed by atoms with Crippen LogP contribution in [0.5, 0.6) is 0 Å². The van der Waals surface area contributed by atoms with E-state index in [0.717, 1.165) is 20.2 Å². The van der Waals surface area contributed by atoms with Crippen molar-refractivity contribution in [2.24, 2.45) is 0 Å². The van der Waals surface area contributed by atoms with Crippen LogP contribution in [0.25, 0.3) is 15.8 Å². The molecular formula is C12H7BrN2OS. The van der Waals surface area contributed by atoms with Crippen LogP contribution >= 0.6 is 27.5 Å². The summed E-state index contributed by atoms with van der Waals surface area (Å²) < 4.78 is 3.48. The second-order valence-corrected chi connectivity index (χ2v) is 5.36. The topological polar surface area (TPSA) is 34.9 Å². The number of hydrogen-bond acceptors (Lipinski definition) is 3. The van der Waals surface area contributed by atoms with E-state index in [1.807, 2.05) is 30.3 Å². The van der Waals surface area contributed by atoms with Gasteiger partial charge in [0.2, 0.25) is 0 Å². The van der Waals surface area contributed by atoms with Gasteiger partial charge in [-0.2, -0.15) is 0 Å². The zero-order chi connectivity index (χ0) is 11.8. The second kappa shape index (κ2) is 4.09. The van der Waals surface area contributed by atoms with Crippen molar-refractivity contribution in [2.75, 3.05) is 0 Å². The average Bonchev–Trinajstić information content (AvgIpc) is 2.68. The Hall–Kier alpha value is -1.46. The molecule has 17 heavy (non-hydrogen) atoms. The highest BCUT2D eigenvalue weighted by atomic mass is 79.9. The van der Waals surface area contributed by atoms with E-state index in [9.17, 15) is 4.79 Å². The van der Waals surface area contributed by atoms with Crippen molar-refractivity contribution in [3.05, 3.63) is 57.6 Å². The third-order valence-corrected chi connectivity index (χ3v) is 4.17. The van der Waals surface area contributed by atoms with Crippen LogP contribution in [0.3, 0.4) is 0 Å². The number of fused-ring (bicyclic) bond motifs is 1. The fourth-order valence-electron chi connectivity index (χ4n) is 1.66. The Bertz CT molecular complexity index is 747. The van der Waals surface area contributed by atoms with Crippen molar-refractivity contribution >= 4 is 37.5 Å². The number of aromatic nitrogens is 2. The van der Waals surface area contributed by atoms with E-state index in [1.165, 1.54) is 11.5 Å². The van der Waals surface area contributed by atoms with Crippen molar-refractivity contribution in [2.45, 2.75) is 0 Å². The van der Waals surface area contributed by atoms with Gasteiger partial charge in [-0.15, -0.1) is 0 Å². The molecular weight excluding hydrogens is 300 g/mol. The van der Waals surface area contributed by atoms with Crippen molar-refractivity contribution in [3.8, 4) is 5.69 Å². The summed E-state index contributed by atoms with van der Waals surface area (Å²) in [4.78, 5) is 16.2. The molecule has 3 aromatic rings. The monoisotopic (exact) mass is 306 g/mol. The Kier molecular flexibility index (Phi) is 2.57. The molecule has 2 heterocycles. The van der Waals surface area contributed by atoms with Crippen molar-refractivity contribution in [1.29, 1.82) is 0 Å². The Morgan fingerprint density at radius 2 is 2.06 bits per heavy atom. The molecule has 0 atom stereocenters. The smallest absolute Gasteiger partial charge is 0.267 e. The third-order valence-electron chi connectivity index (χ3n) is 2.46. The zero-order valence-electron chi connectivity index (χ0n) is 8.63. The van der Waals surface area contributed by atoms with Gasteiger partial charge in [0, 0.05) is 12.4 Å². The average molecular weight is 307 g/mol. The van der Waals surface area contributed by atoms with Crippen LogP contribution in [0, 0.1) is 0 Å². The fourth-order valence-corrected chi connectivity index (χ4v) is 3.24. The highest BCUT2D eigenvalue weighted by Crippen LogP contribution is 2.24. The SMILES string of the molecule is O=c1c2ccccc2sn1-c1ccncc1Br. The fraction of sp³-hybridized carbons (Fsp3) is 0. The first-order chi connectivity index (χ1) is 8.27. The molecule has 0 saturated carbocycles. The van der Waals surface area contributed by atoms with Gasteiger partial charge in [-0.05, 0) is 34.1 Å². The van der Waals surface area contributed by atoms with Gasteiger partial charge in [0.25, 0.3) is 5.56 Å². The highest BCUT2D eigenvalue weighted by Gasteiger charge is 2.10. The minimum atomic E-state index is 0.0116. The van der Waals surface area contributed by atoms with Crippen LogP contribution in [0.4, 0.5) is 0 Å². The third kappa shape index (κ3) is 1.71. The normalized spacial score (nSPS) is 10.9. The van der Waals surface area contributed by atoms with E-state index in [1.54, 1.807) is 16.4 Å². The Labute approximate surface area is 110 Å². The van der Waals surface area contributed by atoms with Crippen LogP contribution in [-0.4, -0.2) is 8.94 Å². The standard InChI is InChI=1S/C12H7BrN2OS/c13-9-7-14-6-5-10(9)15-12(16)8-3-1-2-4-11(8)17-15/h1-7H. The number of rotatable bonds is 1. The Balaban J connectivity index is 2.36. The maximum Gasteiger partial charge on any atom is 0.273 e. The molecule has 5 heteroatoms. The zero-order valence-corrected chi connectivity index (χ0v) is 11.0. The van der Waals surface area contributed by atoms with E-state index in [2.05, 4.69) is 20.9 Å². The number of pyridine rings is 1. The van der Waals surface area contributed by atoms with Gasteiger partial charge < -0.3 is 0 Å².